The molecule has 1 aromatic rings. The van der Waals surface area contributed by atoms with E-state index in [9.17, 15) is 4.39 Å². The highest BCUT2D eigenvalue weighted by Gasteiger charge is 2.08. The van der Waals surface area contributed by atoms with Gasteiger partial charge in [0.1, 0.15) is 5.82 Å². The largest absolute Gasteiger partial charge is 0.392 e. The molecule has 1 rings (SSSR count). The van der Waals surface area contributed by atoms with E-state index in [2.05, 4.69) is 0 Å². The molecule has 0 aliphatic heterocycles. The second-order valence-corrected chi connectivity index (χ2v) is 3.55. The Labute approximate surface area is 82.3 Å². The third kappa shape index (κ3) is 1.83. The molecule has 0 radical (unpaired) electrons. The van der Waals surface area contributed by atoms with Crippen LogP contribution < -0.4 is 0 Å². The molecule has 0 atom stereocenters. The van der Waals surface area contributed by atoms with Gasteiger partial charge in [0, 0.05) is 9.13 Å². The first-order valence-electron chi connectivity index (χ1n) is 2.90. The van der Waals surface area contributed by atoms with Crippen LogP contribution in [0, 0.1) is 9.39 Å². The van der Waals surface area contributed by atoms with Crippen molar-refractivity contribution in [2.75, 3.05) is 0 Å². The first-order valence-corrected chi connectivity index (χ1v) is 4.35. The molecule has 4 heteroatoms. The van der Waals surface area contributed by atoms with Gasteiger partial charge in [0.25, 0.3) is 0 Å². The van der Waals surface area contributed by atoms with E-state index in [0.717, 1.165) is 0 Å². The van der Waals surface area contributed by atoms with Crippen molar-refractivity contribution in [2.45, 2.75) is 6.61 Å². The standard InChI is InChI=1S/C7H5ClFIO/c8-5-1-2-6(10)4(3-11)7(5)9/h1-2,11H,3H2. The molecule has 0 aliphatic rings. The molecule has 0 fully saturated rings. The highest BCUT2D eigenvalue weighted by Crippen LogP contribution is 2.22. The molecular formula is C7H5ClFIO. The Morgan fingerprint density at radius 2 is 2.18 bits per heavy atom. The maximum absolute atomic E-state index is 13.0. The quantitative estimate of drug-likeness (QED) is 0.621. The Hall–Kier alpha value is 0.130. The lowest BCUT2D eigenvalue weighted by Crippen LogP contribution is -1.94. The van der Waals surface area contributed by atoms with Crippen LogP contribution in [0.25, 0.3) is 0 Å². The lowest BCUT2D eigenvalue weighted by molar-refractivity contribution is 0.275. The molecule has 0 spiro atoms. The van der Waals surface area contributed by atoms with Crippen LogP contribution in [0.5, 0.6) is 0 Å². The van der Waals surface area contributed by atoms with Gasteiger partial charge in [0.15, 0.2) is 0 Å². The summed E-state index contributed by atoms with van der Waals surface area (Å²) in [6.45, 7) is -0.315. The predicted molar refractivity (Wildman–Crippen MR) is 50.0 cm³/mol. The van der Waals surface area contributed by atoms with Gasteiger partial charge in [-0.25, -0.2) is 4.39 Å². The highest BCUT2D eigenvalue weighted by atomic mass is 127. The van der Waals surface area contributed by atoms with Crippen molar-refractivity contribution >= 4 is 34.2 Å². The van der Waals surface area contributed by atoms with Crippen molar-refractivity contribution in [2.24, 2.45) is 0 Å². The SMILES string of the molecule is OCc1c(I)ccc(Cl)c1F. The van der Waals surface area contributed by atoms with Crippen LogP contribution in [0.3, 0.4) is 0 Å². The first kappa shape index (κ1) is 9.22. The maximum Gasteiger partial charge on any atom is 0.148 e. The molecule has 0 saturated heterocycles. The molecule has 1 N–H and O–H groups in total. The van der Waals surface area contributed by atoms with Gasteiger partial charge in [-0.05, 0) is 34.7 Å². The fraction of sp³-hybridized carbons (Fsp3) is 0.143. The predicted octanol–water partition coefficient (Wildman–Crippen LogP) is 2.58. The Kier molecular flexibility index (Phi) is 3.09. The summed E-state index contributed by atoms with van der Waals surface area (Å²) in [5.41, 5.74) is 0.262. The Balaban J connectivity index is 3.29. The second kappa shape index (κ2) is 3.69. The van der Waals surface area contributed by atoms with Crippen molar-refractivity contribution in [3.63, 3.8) is 0 Å². The number of benzene rings is 1. The lowest BCUT2D eigenvalue weighted by atomic mass is 10.2. The van der Waals surface area contributed by atoms with Gasteiger partial charge < -0.3 is 5.11 Å². The lowest BCUT2D eigenvalue weighted by Gasteiger charge is -2.02. The Morgan fingerprint density at radius 1 is 1.55 bits per heavy atom. The number of hydrogen-bond donors (Lipinski definition) is 1. The van der Waals surface area contributed by atoms with Gasteiger partial charge in [-0.2, -0.15) is 0 Å². The van der Waals surface area contributed by atoms with E-state index < -0.39 is 5.82 Å². The zero-order valence-corrected chi connectivity index (χ0v) is 8.36. The summed E-state index contributed by atoms with van der Waals surface area (Å²) < 4.78 is 13.7. The number of aliphatic hydroxyl groups is 1. The van der Waals surface area contributed by atoms with Crippen LogP contribution in [0.4, 0.5) is 4.39 Å². The van der Waals surface area contributed by atoms with E-state index in [1.165, 1.54) is 6.07 Å². The fourth-order valence-corrected chi connectivity index (χ4v) is 1.48. The zero-order valence-electron chi connectivity index (χ0n) is 5.44. The van der Waals surface area contributed by atoms with Gasteiger partial charge in [-0.3, -0.25) is 0 Å². The smallest absolute Gasteiger partial charge is 0.148 e. The second-order valence-electron chi connectivity index (χ2n) is 1.98. The minimum atomic E-state index is -0.527. The number of aliphatic hydroxyl groups excluding tert-OH is 1. The zero-order chi connectivity index (χ0) is 8.43. The van der Waals surface area contributed by atoms with Crippen molar-refractivity contribution in [3.8, 4) is 0 Å². The van der Waals surface area contributed by atoms with E-state index in [4.69, 9.17) is 16.7 Å². The summed E-state index contributed by atoms with van der Waals surface area (Å²) in [5.74, 6) is -0.527. The summed E-state index contributed by atoms with van der Waals surface area (Å²) in [4.78, 5) is 0. The Morgan fingerprint density at radius 3 is 2.64 bits per heavy atom. The third-order valence-corrected chi connectivity index (χ3v) is 2.60. The van der Waals surface area contributed by atoms with Gasteiger partial charge in [-0.15, -0.1) is 0 Å². The normalized spacial score (nSPS) is 10.2. The molecule has 11 heavy (non-hydrogen) atoms. The molecule has 0 saturated carbocycles. The average Bonchev–Trinajstić information content (AvgIpc) is 1.99. The van der Waals surface area contributed by atoms with Crippen molar-refractivity contribution in [3.05, 3.63) is 32.1 Å². The molecule has 0 amide bonds. The summed E-state index contributed by atoms with van der Waals surface area (Å²) in [7, 11) is 0. The van der Waals surface area contributed by atoms with Crippen molar-refractivity contribution < 1.29 is 9.50 Å². The van der Waals surface area contributed by atoms with Gasteiger partial charge in [0.2, 0.25) is 0 Å². The molecule has 60 valence electrons. The number of halogens is 3. The molecule has 0 aliphatic carbocycles. The van der Waals surface area contributed by atoms with Crippen LogP contribution >= 0.6 is 34.2 Å². The van der Waals surface area contributed by atoms with E-state index in [-0.39, 0.29) is 17.2 Å². The summed E-state index contributed by atoms with van der Waals surface area (Å²) >= 11 is 7.42. The van der Waals surface area contributed by atoms with Gasteiger partial charge >= 0.3 is 0 Å². The Bertz CT molecular complexity index is 277. The average molecular weight is 286 g/mol. The monoisotopic (exact) mass is 286 g/mol. The van der Waals surface area contributed by atoms with Crippen LogP contribution in [-0.2, 0) is 6.61 Å². The van der Waals surface area contributed by atoms with Crippen LogP contribution in [0.2, 0.25) is 5.02 Å². The topological polar surface area (TPSA) is 20.2 Å². The first-order chi connectivity index (χ1) is 5.16. The molecule has 0 unspecified atom stereocenters. The maximum atomic E-state index is 13.0. The molecule has 0 heterocycles. The van der Waals surface area contributed by atoms with E-state index in [1.54, 1.807) is 6.07 Å². The minimum Gasteiger partial charge on any atom is -0.392 e. The van der Waals surface area contributed by atoms with E-state index in [1.807, 2.05) is 22.6 Å². The third-order valence-electron chi connectivity index (χ3n) is 1.30. The number of rotatable bonds is 1. The van der Waals surface area contributed by atoms with E-state index >= 15 is 0 Å². The molecule has 0 bridgehead atoms. The number of hydrogen-bond acceptors (Lipinski definition) is 1. The minimum absolute atomic E-state index is 0.0504. The van der Waals surface area contributed by atoms with Gasteiger partial charge in [0.05, 0.1) is 11.6 Å². The molecular weight excluding hydrogens is 281 g/mol. The van der Waals surface area contributed by atoms with E-state index in [0.29, 0.717) is 3.57 Å². The van der Waals surface area contributed by atoms with Crippen molar-refractivity contribution in [1.29, 1.82) is 0 Å². The van der Waals surface area contributed by atoms with Gasteiger partial charge in [-0.1, -0.05) is 11.6 Å². The highest BCUT2D eigenvalue weighted by molar-refractivity contribution is 14.1. The summed E-state index contributed by atoms with van der Waals surface area (Å²) in [6.07, 6.45) is 0. The van der Waals surface area contributed by atoms with Crippen molar-refractivity contribution in [1.82, 2.24) is 0 Å². The van der Waals surface area contributed by atoms with Crippen LogP contribution in [-0.4, -0.2) is 5.11 Å². The summed E-state index contributed by atoms with van der Waals surface area (Å²) in [5, 5.41) is 8.77. The van der Waals surface area contributed by atoms with Crippen LogP contribution in [0.1, 0.15) is 5.56 Å². The fourth-order valence-electron chi connectivity index (χ4n) is 0.714. The molecule has 1 aromatic carbocycles. The van der Waals surface area contributed by atoms with Crippen LogP contribution in [0.15, 0.2) is 12.1 Å². The summed E-state index contributed by atoms with van der Waals surface area (Å²) in [6, 6.07) is 3.13. The molecule has 1 nitrogen and oxygen atoms in total. The molecule has 0 aromatic heterocycles.